The number of hydrogen-bond donors (Lipinski definition) is 1. The van der Waals surface area contributed by atoms with Crippen molar-refractivity contribution in [3.05, 3.63) is 29.5 Å². The fourth-order valence-electron chi connectivity index (χ4n) is 0.656. The van der Waals surface area contributed by atoms with E-state index < -0.39 is 29.6 Å². The standard InChI is InChI=1S/C8H8FNO2/c1-12-8(11)5-2-3-6(9)7(10)4-5/h2-4H,10H2,1H3/i2D,4D. The van der Waals surface area contributed by atoms with Crippen LogP contribution in [0.3, 0.4) is 0 Å². The van der Waals surface area contributed by atoms with Gasteiger partial charge in [-0.1, -0.05) is 0 Å². The summed E-state index contributed by atoms with van der Waals surface area (Å²) in [6, 6.07) is -0.144. The van der Waals surface area contributed by atoms with Crippen molar-refractivity contribution in [3.8, 4) is 0 Å². The zero-order chi connectivity index (χ0) is 10.9. The molecule has 0 atom stereocenters. The highest BCUT2D eigenvalue weighted by Crippen LogP contribution is 2.12. The van der Waals surface area contributed by atoms with Crippen molar-refractivity contribution >= 4 is 11.7 Å². The lowest BCUT2D eigenvalue weighted by atomic mass is 10.2. The molecule has 0 spiro atoms. The van der Waals surface area contributed by atoms with Crippen molar-refractivity contribution in [2.24, 2.45) is 0 Å². The SMILES string of the molecule is [2H]c1cc(F)c(N)c([2H])c1C(=O)OC. The van der Waals surface area contributed by atoms with E-state index in [1.807, 2.05) is 0 Å². The number of rotatable bonds is 1. The second-order valence-electron chi connectivity index (χ2n) is 2.04. The maximum absolute atomic E-state index is 12.9. The molecule has 0 radical (unpaired) electrons. The maximum Gasteiger partial charge on any atom is 0.337 e. The number of methoxy groups -OCH3 is 1. The Labute approximate surface area is 71.8 Å². The molecule has 0 amide bonds. The molecule has 12 heavy (non-hydrogen) atoms. The molecule has 4 heteroatoms. The highest BCUT2D eigenvalue weighted by molar-refractivity contribution is 5.90. The highest BCUT2D eigenvalue weighted by Gasteiger charge is 2.06. The molecule has 0 unspecified atom stereocenters. The number of ether oxygens (including phenoxy) is 1. The minimum Gasteiger partial charge on any atom is -0.465 e. The summed E-state index contributed by atoms with van der Waals surface area (Å²) in [7, 11) is 1.11. The summed E-state index contributed by atoms with van der Waals surface area (Å²) in [6.45, 7) is 0. The molecule has 0 aliphatic rings. The van der Waals surface area contributed by atoms with Crippen LogP contribution in [0.5, 0.6) is 0 Å². The Bertz CT molecular complexity index is 395. The normalized spacial score (nSPS) is 11.8. The lowest BCUT2D eigenvalue weighted by molar-refractivity contribution is 0.0601. The van der Waals surface area contributed by atoms with Gasteiger partial charge in [-0.05, 0) is 18.2 Å². The van der Waals surface area contributed by atoms with E-state index in [4.69, 9.17) is 8.48 Å². The number of carbonyl (C=O) groups is 1. The minimum absolute atomic E-state index is 0.327. The predicted molar refractivity (Wildman–Crippen MR) is 42.2 cm³/mol. The van der Waals surface area contributed by atoms with Crippen LogP contribution in [0.2, 0.25) is 0 Å². The summed E-state index contributed by atoms with van der Waals surface area (Å²) < 4.78 is 31.8. The van der Waals surface area contributed by atoms with Gasteiger partial charge in [0.2, 0.25) is 0 Å². The summed E-state index contributed by atoms with van der Waals surface area (Å²) in [5, 5.41) is 0. The van der Waals surface area contributed by atoms with Gasteiger partial charge in [0, 0.05) is 0 Å². The van der Waals surface area contributed by atoms with Gasteiger partial charge in [0.15, 0.2) is 0 Å². The van der Waals surface area contributed by atoms with Crippen molar-refractivity contribution in [1.82, 2.24) is 0 Å². The van der Waals surface area contributed by atoms with E-state index in [0.717, 1.165) is 13.2 Å². The van der Waals surface area contributed by atoms with Crippen molar-refractivity contribution in [1.29, 1.82) is 0 Å². The van der Waals surface area contributed by atoms with Crippen molar-refractivity contribution in [3.63, 3.8) is 0 Å². The molecule has 0 heterocycles. The number of esters is 1. The Morgan fingerprint density at radius 3 is 3.08 bits per heavy atom. The fraction of sp³-hybridized carbons (Fsp3) is 0.125. The van der Waals surface area contributed by atoms with Crippen LogP contribution >= 0.6 is 0 Å². The molecule has 0 aromatic heterocycles. The summed E-state index contributed by atoms with van der Waals surface area (Å²) in [6.07, 6.45) is 0. The van der Waals surface area contributed by atoms with Gasteiger partial charge < -0.3 is 10.5 Å². The third-order valence-corrected chi connectivity index (χ3v) is 1.25. The van der Waals surface area contributed by atoms with E-state index in [0.29, 0.717) is 0 Å². The van der Waals surface area contributed by atoms with Gasteiger partial charge in [-0.2, -0.15) is 0 Å². The molecule has 0 fully saturated rings. The third-order valence-electron chi connectivity index (χ3n) is 1.25. The van der Waals surface area contributed by atoms with Gasteiger partial charge in [-0.3, -0.25) is 0 Å². The first-order chi connectivity index (χ1) is 6.49. The van der Waals surface area contributed by atoms with Gasteiger partial charge in [-0.25, -0.2) is 9.18 Å². The molecule has 3 nitrogen and oxygen atoms in total. The molecule has 1 aromatic carbocycles. The van der Waals surface area contributed by atoms with E-state index >= 15 is 0 Å². The van der Waals surface area contributed by atoms with Crippen LogP contribution in [0.4, 0.5) is 10.1 Å². The average molecular weight is 171 g/mol. The predicted octanol–water partition coefficient (Wildman–Crippen LogP) is 1.19. The smallest absolute Gasteiger partial charge is 0.337 e. The van der Waals surface area contributed by atoms with Crippen LogP contribution in [0.15, 0.2) is 18.2 Å². The molecule has 2 N–H and O–H groups in total. The van der Waals surface area contributed by atoms with Gasteiger partial charge >= 0.3 is 5.97 Å². The number of anilines is 1. The fourth-order valence-corrected chi connectivity index (χ4v) is 0.656. The Morgan fingerprint density at radius 2 is 2.50 bits per heavy atom. The van der Waals surface area contributed by atoms with Gasteiger partial charge in [-0.15, -0.1) is 0 Å². The summed E-state index contributed by atoms with van der Waals surface area (Å²) >= 11 is 0. The van der Waals surface area contributed by atoms with Crippen LogP contribution in [0.25, 0.3) is 0 Å². The topological polar surface area (TPSA) is 52.3 Å². The van der Waals surface area contributed by atoms with E-state index in [1.54, 1.807) is 0 Å². The van der Waals surface area contributed by atoms with Crippen LogP contribution in [-0.2, 0) is 4.74 Å². The number of benzene rings is 1. The van der Waals surface area contributed by atoms with E-state index in [1.165, 1.54) is 0 Å². The van der Waals surface area contributed by atoms with Crippen molar-refractivity contribution in [2.75, 3.05) is 12.8 Å². The monoisotopic (exact) mass is 171 g/mol. The number of nitrogens with two attached hydrogens (primary N) is 1. The highest BCUT2D eigenvalue weighted by atomic mass is 19.1. The molecule has 0 saturated carbocycles. The molecule has 0 aliphatic carbocycles. The number of halogens is 1. The minimum atomic E-state index is -0.882. The molecular formula is C8H8FNO2. The van der Waals surface area contributed by atoms with Gasteiger partial charge in [0.1, 0.15) is 5.82 Å². The van der Waals surface area contributed by atoms with E-state index in [2.05, 4.69) is 4.74 Å². The van der Waals surface area contributed by atoms with Gasteiger partial charge in [0.05, 0.1) is 21.1 Å². The third kappa shape index (κ3) is 1.53. The first kappa shape index (κ1) is 5.99. The second-order valence-corrected chi connectivity index (χ2v) is 2.04. The summed E-state index contributed by atoms with van der Waals surface area (Å²) in [5.41, 5.74) is 4.41. The largest absolute Gasteiger partial charge is 0.465 e. The Kier molecular flexibility index (Phi) is 1.60. The summed E-state index contributed by atoms with van der Waals surface area (Å²) in [5.74, 6) is -1.75. The van der Waals surface area contributed by atoms with Crippen molar-refractivity contribution in [2.45, 2.75) is 0 Å². The quantitative estimate of drug-likeness (QED) is 0.510. The zero-order valence-corrected chi connectivity index (χ0v) is 6.35. The first-order valence-electron chi connectivity index (χ1n) is 4.12. The molecule has 0 saturated heterocycles. The number of hydrogen-bond acceptors (Lipinski definition) is 3. The maximum atomic E-state index is 12.9. The molecule has 64 valence electrons. The number of nitrogen functional groups attached to an aromatic ring is 1. The van der Waals surface area contributed by atoms with Crippen LogP contribution in [0.1, 0.15) is 13.1 Å². The number of carbonyl (C=O) groups excluding carboxylic acids is 1. The molecule has 1 aromatic rings. The molecule has 1 rings (SSSR count). The Balaban J connectivity index is 3.44. The molecular weight excluding hydrogens is 161 g/mol. The zero-order valence-electron chi connectivity index (χ0n) is 8.35. The van der Waals surface area contributed by atoms with Crippen LogP contribution in [-0.4, -0.2) is 13.1 Å². The van der Waals surface area contributed by atoms with Crippen LogP contribution < -0.4 is 5.73 Å². The summed E-state index contributed by atoms with van der Waals surface area (Å²) in [4.78, 5) is 11.1. The molecule has 0 aliphatic heterocycles. The first-order valence-corrected chi connectivity index (χ1v) is 3.12. The van der Waals surface area contributed by atoms with E-state index in [-0.39, 0.29) is 5.56 Å². The van der Waals surface area contributed by atoms with Crippen LogP contribution in [0, 0.1) is 5.82 Å². The van der Waals surface area contributed by atoms with Crippen molar-refractivity contribution < 1.29 is 16.7 Å². The lowest BCUT2D eigenvalue weighted by Crippen LogP contribution is -2.02. The lowest BCUT2D eigenvalue weighted by Gasteiger charge is -2.00. The average Bonchev–Trinajstić information content (AvgIpc) is 2.14. The Morgan fingerprint density at radius 1 is 1.83 bits per heavy atom. The second kappa shape index (κ2) is 3.21. The van der Waals surface area contributed by atoms with Gasteiger partial charge in [0.25, 0.3) is 0 Å². The van der Waals surface area contributed by atoms with E-state index in [9.17, 15) is 9.18 Å². The molecule has 0 bridgehead atoms. The Hall–Kier alpha value is -1.58.